The van der Waals surface area contributed by atoms with Gasteiger partial charge in [-0.1, -0.05) is 29.8 Å². The van der Waals surface area contributed by atoms with Gasteiger partial charge in [-0.15, -0.1) is 0 Å². The first-order valence-corrected chi connectivity index (χ1v) is 9.04. The number of morpholine rings is 1. The van der Waals surface area contributed by atoms with Crippen LogP contribution < -0.4 is 4.74 Å². The van der Waals surface area contributed by atoms with Crippen LogP contribution in [0.4, 0.5) is 4.39 Å². The van der Waals surface area contributed by atoms with Crippen molar-refractivity contribution in [2.24, 2.45) is 0 Å². The summed E-state index contributed by atoms with van der Waals surface area (Å²) in [4.78, 5) is 2.45. The Morgan fingerprint density at radius 3 is 2.56 bits per heavy atom. The molecule has 2 aromatic rings. The fourth-order valence-corrected chi connectivity index (χ4v) is 3.11. The zero-order valence-corrected chi connectivity index (χ0v) is 15.0. The highest BCUT2D eigenvalue weighted by Gasteiger charge is 2.09. The molecule has 5 heteroatoms. The zero-order valence-electron chi connectivity index (χ0n) is 14.2. The number of rotatable bonds is 7. The molecule has 0 spiro atoms. The first-order valence-electron chi connectivity index (χ1n) is 8.66. The smallest absolute Gasteiger partial charge is 0.124 e. The molecular formula is C20H23ClFNO2. The molecule has 1 saturated heterocycles. The molecule has 0 amide bonds. The van der Waals surface area contributed by atoms with E-state index in [0.29, 0.717) is 11.6 Å². The first kappa shape index (κ1) is 18.2. The number of hydrogen-bond donors (Lipinski definition) is 0. The van der Waals surface area contributed by atoms with E-state index in [4.69, 9.17) is 21.1 Å². The van der Waals surface area contributed by atoms with Crippen molar-refractivity contribution in [3.8, 4) is 5.75 Å². The molecule has 1 fully saturated rings. The van der Waals surface area contributed by atoms with Crippen LogP contribution in [0.25, 0.3) is 0 Å². The number of hydrogen-bond acceptors (Lipinski definition) is 3. The third-order valence-electron chi connectivity index (χ3n) is 4.38. The summed E-state index contributed by atoms with van der Waals surface area (Å²) in [5.74, 6) is 0.451. The van der Waals surface area contributed by atoms with Crippen LogP contribution in [0.15, 0.2) is 42.5 Å². The number of halogens is 2. The van der Waals surface area contributed by atoms with Crippen LogP contribution in [0.1, 0.15) is 17.5 Å². The Morgan fingerprint density at radius 1 is 1.08 bits per heavy atom. The Labute approximate surface area is 153 Å². The number of benzene rings is 2. The van der Waals surface area contributed by atoms with Gasteiger partial charge in [-0.2, -0.15) is 0 Å². The van der Waals surface area contributed by atoms with Gasteiger partial charge in [0.05, 0.1) is 18.2 Å². The van der Waals surface area contributed by atoms with Crippen LogP contribution in [0, 0.1) is 5.82 Å². The normalized spacial score (nSPS) is 15.3. The lowest BCUT2D eigenvalue weighted by Crippen LogP contribution is -2.36. The molecule has 2 aromatic carbocycles. The van der Waals surface area contributed by atoms with Crippen LogP contribution in [0.2, 0.25) is 5.02 Å². The third-order valence-corrected chi connectivity index (χ3v) is 4.73. The maximum atomic E-state index is 13.0. The average molecular weight is 364 g/mol. The summed E-state index contributed by atoms with van der Waals surface area (Å²) in [5, 5.41) is 0.389. The van der Waals surface area contributed by atoms with Gasteiger partial charge in [0.25, 0.3) is 0 Å². The minimum absolute atomic E-state index is 0.329. The van der Waals surface area contributed by atoms with Crippen molar-refractivity contribution in [1.82, 2.24) is 4.90 Å². The highest BCUT2D eigenvalue weighted by Crippen LogP contribution is 2.20. The monoisotopic (exact) mass is 363 g/mol. The highest BCUT2D eigenvalue weighted by molar-refractivity contribution is 6.31. The first-order chi connectivity index (χ1) is 12.2. The van der Waals surface area contributed by atoms with Gasteiger partial charge < -0.3 is 9.47 Å². The summed E-state index contributed by atoms with van der Waals surface area (Å²) in [5.41, 5.74) is 2.08. The summed E-state index contributed by atoms with van der Waals surface area (Å²) >= 11 is 6.01. The van der Waals surface area contributed by atoms with E-state index in [1.165, 1.54) is 17.7 Å². The second kappa shape index (κ2) is 9.18. The van der Waals surface area contributed by atoms with Crippen molar-refractivity contribution in [3.05, 3.63) is 64.4 Å². The average Bonchev–Trinajstić information content (AvgIpc) is 2.63. The molecule has 0 saturated carbocycles. The zero-order chi connectivity index (χ0) is 17.5. The Morgan fingerprint density at radius 2 is 1.84 bits per heavy atom. The van der Waals surface area contributed by atoms with Crippen LogP contribution in [-0.2, 0) is 17.8 Å². The Balaban J connectivity index is 1.43. The third kappa shape index (κ3) is 5.70. The van der Waals surface area contributed by atoms with Gasteiger partial charge in [0.2, 0.25) is 0 Å². The highest BCUT2D eigenvalue weighted by atomic mass is 35.5. The van der Waals surface area contributed by atoms with E-state index >= 15 is 0 Å². The summed E-state index contributed by atoms with van der Waals surface area (Å²) in [6, 6.07) is 12.5. The Hall–Kier alpha value is -1.62. The van der Waals surface area contributed by atoms with Crippen molar-refractivity contribution in [1.29, 1.82) is 0 Å². The van der Waals surface area contributed by atoms with Crippen molar-refractivity contribution < 1.29 is 13.9 Å². The largest absolute Gasteiger partial charge is 0.489 e. The molecule has 3 nitrogen and oxygen atoms in total. The molecule has 3 rings (SSSR count). The van der Waals surface area contributed by atoms with E-state index in [1.807, 2.05) is 12.1 Å². The number of nitrogens with zero attached hydrogens (tertiary/aromatic N) is 1. The molecule has 1 heterocycles. The molecular weight excluding hydrogens is 341 g/mol. The molecule has 0 radical (unpaired) electrons. The van der Waals surface area contributed by atoms with Gasteiger partial charge in [-0.25, -0.2) is 4.39 Å². The fourth-order valence-electron chi connectivity index (χ4n) is 2.88. The van der Waals surface area contributed by atoms with Gasteiger partial charge >= 0.3 is 0 Å². The van der Waals surface area contributed by atoms with E-state index in [-0.39, 0.29) is 5.82 Å². The van der Waals surface area contributed by atoms with E-state index in [0.717, 1.165) is 57.0 Å². The molecule has 0 bridgehead atoms. The van der Waals surface area contributed by atoms with E-state index in [9.17, 15) is 4.39 Å². The van der Waals surface area contributed by atoms with Crippen molar-refractivity contribution >= 4 is 11.6 Å². The topological polar surface area (TPSA) is 21.7 Å². The van der Waals surface area contributed by atoms with Gasteiger partial charge in [0.15, 0.2) is 0 Å². The van der Waals surface area contributed by atoms with Crippen LogP contribution in [0.3, 0.4) is 0 Å². The lowest BCUT2D eigenvalue weighted by Gasteiger charge is -2.26. The van der Waals surface area contributed by atoms with Gasteiger partial charge in [0, 0.05) is 18.7 Å². The summed E-state index contributed by atoms with van der Waals surface area (Å²) < 4.78 is 24.1. The van der Waals surface area contributed by atoms with E-state index in [1.54, 1.807) is 6.07 Å². The van der Waals surface area contributed by atoms with Crippen molar-refractivity contribution in [3.63, 3.8) is 0 Å². The van der Waals surface area contributed by atoms with Gasteiger partial charge in [-0.05, 0) is 49.2 Å². The van der Waals surface area contributed by atoms with Crippen molar-refractivity contribution in [2.45, 2.75) is 19.4 Å². The SMILES string of the molecule is Fc1ccc(COc2ccc(CCCN3CCOCC3)cc2)c(Cl)c1. The predicted molar refractivity (Wildman–Crippen MR) is 97.8 cm³/mol. The Kier molecular flexibility index (Phi) is 6.68. The molecule has 134 valence electrons. The quantitative estimate of drug-likeness (QED) is 0.731. The minimum Gasteiger partial charge on any atom is -0.489 e. The molecule has 0 aromatic heterocycles. The van der Waals surface area contributed by atoms with Gasteiger partial charge in [-0.3, -0.25) is 4.90 Å². The lowest BCUT2D eigenvalue weighted by molar-refractivity contribution is 0.0374. The van der Waals surface area contributed by atoms with E-state index < -0.39 is 0 Å². The second-order valence-corrected chi connectivity index (χ2v) is 6.63. The standard InChI is InChI=1S/C20H23ClFNO2/c21-20-14-18(22)6-5-17(20)15-25-19-7-3-16(4-8-19)2-1-9-23-10-12-24-13-11-23/h3-8,14H,1-2,9-13,15H2. The van der Waals surface area contributed by atoms with Crippen LogP contribution in [0.5, 0.6) is 5.75 Å². The minimum atomic E-state index is -0.338. The van der Waals surface area contributed by atoms with E-state index in [2.05, 4.69) is 17.0 Å². The maximum Gasteiger partial charge on any atom is 0.124 e. The molecule has 1 aliphatic rings. The van der Waals surface area contributed by atoms with Crippen LogP contribution in [-0.4, -0.2) is 37.7 Å². The number of ether oxygens (including phenoxy) is 2. The maximum absolute atomic E-state index is 13.0. The Bertz CT molecular complexity index is 672. The summed E-state index contributed by atoms with van der Waals surface area (Å²) in [6.45, 7) is 5.23. The predicted octanol–water partition coefficient (Wildman–Crippen LogP) is 4.32. The summed E-state index contributed by atoms with van der Waals surface area (Å²) in [7, 11) is 0. The van der Waals surface area contributed by atoms with Crippen molar-refractivity contribution in [2.75, 3.05) is 32.8 Å². The van der Waals surface area contributed by atoms with Crippen LogP contribution >= 0.6 is 11.6 Å². The molecule has 0 N–H and O–H groups in total. The molecule has 0 aliphatic carbocycles. The van der Waals surface area contributed by atoms with Gasteiger partial charge in [0.1, 0.15) is 18.2 Å². The second-order valence-electron chi connectivity index (χ2n) is 6.23. The molecule has 1 aliphatic heterocycles. The lowest BCUT2D eigenvalue weighted by atomic mass is 10.1. The molecule has 0 atom stereocenters. The molecule has 0 unspecified atom stereocenters. The summed E-state index contributed by atoms with van der Waals surface area (Å²) in [6.07, 6.45) is 2.20. The fraction of sp³-hybridized carbons (Fsp3) is 0.400. The molecule has 25 heavy (non-hydrogen) atoms. The number of aryl methyl sites for hydroxylation is 1.